The van der Waals surface area contributed by atoms with Crippen molar-refractivity contribution >= 4 is 11.6 Å². The second-order valence-corrected chi connectivity index (χ2v) is 6.23. The largest absolute Gasteiger partial charge is 0.497 e. The van der Waals surface area contributed by atoms with E-state index in [1.807, 2.05) is 29.2 Å². The van der Waals surface area contributed by atoms with Crippen LogP contribution in [0.25, 0.3) is 0 Å². The first kappa shape index (κ1) is 16.4. The molecule has 1 fully saturated rings. The lowest BCUT2D eigenvalue weighted by Crippen LogP contribution is -2.49. The van der Waals surface area contributed by atoms with E-state index in [-0.39, 0.29) is 5.91 Å². The summed E-state index contributed by atoms with van der Waals surface area (Å²) < 4.78 is 5.20. The summed E-state index contributed by atoms with van der Waals surface area (Å²) in [5.41, 5.74) is 3.48. The van der Waals surface area contributed by atoms with Crippen molar-refractivity contribution in [2.75, 3.05) is 38.2 Å². The van der Waals surface area contributed by atoms with Crippen molar-refractivity contribution in [3.63, 3.8) is 0 Å². The lowest BCUT2D eigenvalue weighted by Gasteiger charge is -2.36. The van der Waals surface area contributed by atoms with Crippen LogP contribution in [0, 0.1) is 6.92 Å². The van der Waals surface area contributed by atoms with Gasteiger partial charge < -0.3 is 14.5 Å². The lowest BCUT2D eigenvalue weighted by atomic mass is 10.1. The van der Waals surface area contributed by atoms with Crippen molar-refractivity contribution < 1.29 is 9.53 Å². The van der Waals surface area contributed by atoms with Gasteiger partial charge in [-0.05, 0) is 36.8 Å². The number of piperazine rings is 1. The van der Waals surface area contributed by atoms with Gasteiger partial charge in [0.25, 0.3) is 0 Å². The molecule has 0 aromatic heterocycles. The number of hydrogen-bond donors (Lipinski definition) is 0. The Hall–Kier alpha value is -2.49. The zero-order valence-corrected chi connectivity index (χ0v) is 14.4. The van der Waals surface area contributed by atoms with Crippen LogP contribution < -0.4 is 9.64 Å². The number of benzene rings is 2. The topological polar surface area (TPSA) is 32.8 Å². The van der Waals surface area contributed by atoms with Gasteiger partial charge in [-0.3, -0.25) is 4.79 Å². The molecule has 1 saturated heterocycles. The number of amides is 1. The molecule has 2 aromatic rings. The van der Waals surface area contributed by atoms with E-state index in [4.69, 9.17) is 4.74 Å². The number of anilines is 1. The van der Waals surface area contributed by atoms with E-state index in [9.17, 15) is 4.79 Å². The Bertz CT molecular complexity index is 689. The molecule has 1 heterocycles. The van der Waals surface area contributed by atoms with Gasteiger partial charge in [-0.1, -0.05) is 29.8 Å². The number of carbonyl (C=O) groups is 1. The molecule has 4 heteroatoms. The highest BCUT2D eigenvalue weighted by atomic mass is 16.5. The Kier molecular flexibility index (Phi) is 5.04. The molecule has 0 bridgehead atoms. The van der Waals surface area contributed by atoms with Gasteiger partial charge in [0, 0.05) is 31.9 Å². The van der Waals surface area contributed by atoms with Crippen molar-refractivity contribution in [3.8, 4) is 5.75 Å². The van der Waals surface area contributed by atoms with Gasteiger partial charge in [0.15, 0.2) is 0 Å². The van der Waals surface area contributed by atoms with E-state index in [0.717, 1.165) is 37.5 Å². The van der Waals surface area contributed by atoms with Crippen LogP contribution in [0.4, 0.5) is 5.69 Å². The van der Waals surface area contributed by atoms with E-state index in [1.54, 1.807) is 7.11 Å². The number of methoxy groups -OCH3 is 1. The first-order chi connectivity index (χ1) is 11.7. The average Bonchev–Trinajstić information content (AvgIpc) is 2.62. The summed E-state index contributed by atoms with van der Waals surface area (Å²) in [5.74, 6) is 1.08. The minimum absolute atomic E-state index is 0.218. The van der Waals surface area contributed by atoms with Crippen LogP contribution in [0.5, 0.6) is 5.75 Å². The molecule has 126 valence electrons. The van der Waals surface area contributed by atoms with Crippen LogP contribution in [0.1, 0.15) is 11.1 Å². The van der Waals surface area contributed by atoms with Crippen LogP contribution in [0.2, 0.25) is 0 Å². The highest BCUT2D eigenvalue weighted by Crippen LogP contribution is 2.20. The van der Waals surface area contributed by atoms with Gasteiger partial charge in [0.05, 0.1) is 13.5 Å². The third kappa shape index (κ3) is 3.88. The Morgan fingerprint density at radius 3 is 2.38 bits per heavy atom. The van der Waals surface area contributed by atoms with Crippen molar-refractivity contribution in [2.24, 2.45) is 0 Å². The van der Waals surface area contributed by atoms with Gasteiger partial charge >= 0.3 is 0 Å². The predicted molar refractivity (Wildman–Crippen MR) is 96.7 cm³/mol. The maximum absolute atomic E-state index is 12.5. The molecule has 2 aromatic carbocycles. The third-order valence-corrected chi connectivity index (χ3v) is 4.51. The van der Waals surface area contributed by atoms with Gasteiger partial charge in [0.1, 0.15) is 5.75 Å². The smallest absolute Gasteiger partial charge is 0.227 e. The molecular weight excluding hydrogens is 300 g/mol. The molecule has 0 aliphatic carbocycles. The first-order valence-corrected chi connectivity index (χ1v) is 8.38. The highest BCUT2D eigenvalue weighted by Gasteiger charge is 2.21. The van der Waals surface area contributed by atoms with E-state index in [1.165, 1.54) is 11.3 Å². The third-order valence-electron chi connectivity index (χ3n) is 4.51. The van der Waals surface area contributed by atoms with Crippen molar-refractivity contribution in [1.82, 2.24) is 4.90 Å². The number of aryl methyl sites for hydroxylation is 1. The Balaban J connectivity index is 1.55. The summed E-state index contributed by atoms with van der Waals surface area (Å²) in [6.45, 7) is 5.34. The SMILES string of the molecule is COc1ccc(N2CCN(C(=O)Cc3cccc(C)c3)CC2)cc1. The second kappa shape index (κ2) is 7.39. The van der Waals surface area contributed by atoms with Crippen LogP contribution >= 0.6 is 0 Å². The summed E-state index contributed by atoms with van der Waals surface area (Å²) in [5, 5.41) is 0. The Labute approximate surface area is 143 Å². The lowest BCUT2D eigenvalue weighted by molar-refractivity contribution is -0.130. The minimum Gasteiger partial charge on any atom is -0.497 e. The van der Waals surface area contributed by atoms with Gasteiger partial charge in [0.2, 0.25) is 5.91 Å². The number of rotatable bonds is 4. The molecule has 4 nitrogen and oxygen atoms in total. The summed E-state index contributed by atoms with van der Waals surface area (Å²) in [6, 6.07) is 16.3. The minimum atomic E-state index is 0.218. The van der Waals surface area contributed by atoms with Crippen LogP contribution in [-0.4, -0.2) is 44.1 Å². The van der Waals surface area contributed by atoms with E-state index in [2.05, 4.69) is 36.1 Å². The van der Waals surface area contributed by atoms with Gasteiger partial charge in [-0.2, -0.15) is 0 Å². The fraction of sp³-hybridized carbons (Fsp3) is 0.350. The predicted octanol–water partition coefficient (Wildman–Crippen LogP) is 2.89. The number of carbonyl (C=O) groups excluding carboxylic acids is 1. The monoisotopic (exact) mass is 324 g/mol. The summed E-state index contributed by atoms with van der Waals surface area (Å²) in [7, 11) is 1.67. The van der Waals surface area contributed by atoms with Gasteiger partial charge in [-0.15, -0.1) is 0 Å². The molecule has 1 amide bonds. The maximum Gasteiger partial charge on any atom is 0.227 e. The van der Waals surface area contributed by atoms with Crippen molar-refractivity contribution in [3.05, 3.63) is 59.7 Å². The normalized spacial score (nSPS) is 14.6. The molecule has 0 spiro atoms. The van der Waals surface area contributed by atoms with Crippen LogP contribution in [0.3, 0.4) is 0 Å². The number of nitrogens with zero attached hydrogens (tertiary/aromatic N) is 2. The molecule has 1 aliphatic rings. The molecule has 0 radical (unpaired) electrons. The molecule has 0 N–H and O–H groups in total. The molecule has 3 rings (SSSR count). The fourth-order valence-electron chi connectivity index (χ4n) is 3.12. The summed E-state index contributed by atoms with van der Waals surface area (Å²) in [4.78, 5) is 16.8. The second-order valence-electron chi connectivity index (χ2n) is 6.23. The first-order valence-electron chi connectivity index (χ1n) is 8.38. The Morgan fingerprint density at radius 2 is 1.75 bits per heavy atom. The molecule has 0 atom stereocenters. The summed E-state index contributed by atoms with van der Waals surface area (Å²) >= 11 is 0. The zero-order valence-electron chi connectivity index (χ0n) is 14.4. The molecule has 0 saturated carbocycles. The molecule has 24 heavy (non-hydrogen) atoms. The molecule has 1 aliphatic heterocycles. The standard InChI is InChI=1S/C20H24N2O2/c1-16-4-3-5-17(14-16)15-20(23)22-12-10-21(11-13-22)18-6-8-19(24-2)9-7-18/h3-9,14H,10-13,15H2,1-2H3. The van der Waals surface area contributed by atoms with E-state index >= 15 is 0 Å². The van der Waals surface area contributed by atoms with Crippen LogP contribution in [0.15, 0.2) is 48.5 Å². The maximum atomic E-state index is 12.5. The Morgan fingerprint density at radius 1 is 1.04 bits per heavy atom. The molecule has 0 unspecified atom stereocenters. The van der Waals surface area contributed by atoms with Crippen molar-refractivity contribution in [1.29, 1.82) is 0 Å². The van der Waals surface area contributed by atoms with E-state index in [0.29, 0.717) is 6.42 Å². The number of hydrogen-bond acceptors (Lipinski definition) is 3. The highest BCUT2D eigenvalue weighted by molar-refractivity contribution is 5.79. The zero-order chi connectivity index (χ0) is 16.9. The van der Waals surface area contributed by atoms with Crippen LogP contribution in [-0.2, 0) is 11.2 Å². The quantitative estimate of drug-likeness (QED) is 0.867. The fourth-order valence-corrected chi connectivity index (χ4v) is 3.12. The number of ether oxygens (including phenoxy) is 1. The van der Waals surface area contributed by atoms with E-state index < -0.39 is 0 Å². The summed E-state index contributed by atoms with van der Waals surface area (Å²) in [6.07, 6.45) is 0.490. The average molecular weight is 324 g/mol. The van der Waals surface area contributed by atoms with Crippen molar-refractivity contribution in [2.45, 2.75) is 13.3 Å². The van der Waals surface area contributed by atoms with Gasteiger partial charge in [-0.25, -0.2) is 0 Å². The molecular formula is C20H24N2O2.